The fourth-order valence-corrected chi connectivity index (χ4v) is 1.85. The first-order chi connectivity index (χ1) is 9.52. The fourth-order valence-electron chi connectivity index (χ4n) is 1.85. The number of carbonyl (C=O) groups is 2. The van der Waals surface area contributed by atoms with Gasteiger partial charge in [0, 0.05) is 32.7 Å². The van der Waals surface area contributed by atoms with Crippen LogP contribution in [0.25, 0.3) is 0 Å². The largest absolute Gasteiger partial charge is 0.446 e. The second kappa shape index (κ2) is 8.76. The SMILES string of the molecule is CCC(C)OC(=O)N1CCN(CCOCC(N)=O)CC1. The van der Waals surface area contributed by atoms with E-state index in [9.17, 15) is 9.59 Å². The number of hydrogen-bond acceptors (Lipinski definition) is 5. The van der Waals surface area contributed by atoms with E-state index in [1.54, 1.807) is 4.90 Å². The minimum absolute atomic E-state index is 0.0391. The first-order valence-corrected chi connectivity index (χ1v) is 7.07. The predicted molar refractivity (Wildman–Crippen MR) is 74.3 cm³/mol. The maximum atomic E-state index is 11.8. The molecule has 0 spiro atoms. The molecule has 1 saturated heterocycles. The van der Waals surface area contributed by atoms with Crippen LogP contribution >= 0.6 is 0 Å². The summed E-state index contributed by atoms with van der Waals surface area (Å²) in [5, 5.41) is 0. The number of nitrogens with two attached hydrogens (primary N) is 1. The maximum Gasteiger partial charge on any atom is 0.410 e. The summed E-state index contributed by atoms with van der Waals surface area (Å²) in [4.78, 5) is 26.2. The number of ether oxygens (including phenoxy) is 2. The van der Waals surface area contributed by atoms with E-state index in [0.29, 0.717) is 19.7 Å². The molecule has 7 nitrogen and oxygen atoms in total. The van der Waals surface area contributed by atoms with E-state index in [1.165, 1.54) is 0 Å². The Morgan fingerprint density at radius 2 is 1.90 bits per heavy atom. The van der Waals surface area contributed by atoms with Crippen molar-refractivity contribution >= 4 is 12.0 Å². The molecule has 1 aliphatic rings. The molecule has 0 aromatic rings. The number of rotatable bonds is 7. The molecule has 1 atom stereocenters. The van der Waals surface area contributed by atoms with E-state index in [4.69, 9.17) is 15.2 Å². The molecule has 7 heteroatoms. The second-order valence-corrected chi connectivity index (χ2v) is 4.95. The van der Waals surface area contributed by atoms with Crippen LogP contribution in [0.15, 0.2) is 0 Å². The first-order valence-electron chi connectivity index (χ1n) is 7.07. The van der Waals surface area contributed by atoms with Crippen molar-refractivity contribution in [2.45, 2.75) is 26.4 Å². The lowest BCUT2D eigenvalue weighted by molar-refractivity contribution is -0.122. The maximum absolute atomic E-state index is 11.8. The molecule has 0 radical (unpaired) electrons. The standard InChI is InChI=1S/C13H25N3O4/c1-3-11(2)20-13(18)16-6-4-15(5-7-16)8-9-19-10-12(14)17/h11H,3-10H2,1-2H3,(H2,14,17). The number of hydrogen-bond donors (Lipinski definition) is 1. The zero-order chi connectivity index (χ0) is 15.0. The molecule has 0 bridgehead atoms. The van der Waals surface area contributed by atoms with Crippen molar-refractivity contribution in [2.24, 2.45) is 5.73 Å². The zero-order valence-corrected chi connectivity index (χ0v) is 12.3. The van der Waals surface area contributed by atoms with E-state index in [-0.39, 0.29) is 18.8 Å². The molecule has 1 unspecified atom stereocenters. The van der Waals surface area contributed by atoms with Gasteiger partial charge in [0.1, 0.15) is 12.7 Å². The van der Waals surface area contributed by atoms with Gasteiger partial charge in [-0.3, -0.25) is 9.69 Å². The highest BCUT2D eigenvalue weighted by Gasteiger charge is 2.22. The van der Waals surface area contributed by atoms with Crippen molar-refractivity contribution in [1.82, 2.24) is 9.80 Å². The average Bonchev–Trinajstić information content (AvgIpc) is 2.43. The van der Waals surface area contributed by atoms with Crippen molar-refractivity contribution in [3.8, 4) is 0 Å². The van der Waals surface area contributed by atoms with Crippen LogP contribution < -0.4 is 5.73 Å². The molecule has 2 N–H and O–H groups in total. The number of nitrogens with zero attached hydrogens (tertiary/aromatic N) is 2. The van der Waals surface area contributed by atoms with Crippen LogP contribution in [0.2, 0.25) is 0 Å². The Balaban J connectivity index is 2.16. The smallest absolute Gasteiger partial charge is 0.410 e. The summed E-state index contributed by atoms with van der Waals surface area (Å²) in [6.45, 7) is 7.94. The molecule has 1 rings (SSSR count). The van der Waals surface area contributed by atoms with Crippen LogP contribution in [0, 0.1) is 0 Å². The van der Waals surface area contributed by atoms with Crippen LogP contribution in [0.4, 0.5) is 4.79 Å². The van der Waals surface area contributed by atoms with Gasteiger partial charge in [-0.05, 0) is 13.3 Å². The Morgan fingerprint density at radius 1 is 1.25 bits per heavy atom. The Labute approximate surface area is 120 Å². The third kappa shape index (κ3) is 6.21. The topological polar surface area (TPSA) is 85.1 Å². The van der Waals surface area contributed by atoms with Crippen LogP contribution in [0.1, 0.15) is 20.3 Å². The number of piperazine rings is 1. The molecular formula is C13H25N3O4. The second-order valence-electron chi connectivity index (χ2n) is 4.95. The minimum atomic E-state index is -0.456. The molecule has 0 aromatic heterocycles. The van der Waals surface area contributed by atoms with Gasteiger partial charge in [-0.15, -0.1) is 0 Å². The van der Waals surface area contributed by atoms with Crippen molar-refractivity contribution in [3.05, 3.63) is 0 Å². The van der Waals surface area contributed by atoms with Gasteiger partial charge >= 0.3 is 6.09 Å². The van der Waals surface area contributed by atoms with Crippen LogP contribution in [0.3, 0.4) is 0 Å². The van der Waals surface area contributed by atoms with E-state index in [2.05, 4.69) is 4.90 Å². The summed E-state index contributed by atoms with van der Waals surface area (Å²) in [7, 11) is 0. The average molecular weight is 287 g/mol. The monoisotopic (exact) mass is 287 g/mol. The Kier molecular flexibility index (Phi) is 7.32. The van der Waals surface area contributed by atoms with Crippen LogP contribution in [0.5, 0.6) is 0 Å². The van der Waals surface area contributed by atoms with Gasteiger partial charge in [0.2, 0.25) is 5.91 Å². The molecule has 1 aliphatic heterocycles. The van der Waals surface area contributed by atoms with Crippen molar-refractivity contribution in [3.63, 3.8) is 0 Å². The zero-order valence-electron chi connectivity index (χ0n) is 12.3. The number of primary amides is 1. The van der Waals surface area contributed by atoms with E-state index in [1.807, 2.05) is 13.8 Å². The van der Waals surface area contributed by atoms with Gasteiger partial charge in [-0.1, -0.05) is 6.92 Å². The molecule has 1 fully saturated rings. The third-order valence-corrected chi connectivity index (χ3v) is 3.30. The van der Waals surface area contributed by atoms with Crippen molar-refractivity contribution in [2.75, 3.05) is 45.9 Å². The Morgan fingerprint density at radius 3 is 2.45 bits per heavy atom. The lowest BCUT2D eigenvalue weighted by Gasteiger charge is -2.34. The summed E-state index contributed by atoms with van der Waals surface area (Å²) in [5.41, 5.74) is 4.98. The molecule has 0 saturated carbocycles. The highest BCUT2D eigenvalue weighted by molar-refractivity contribution is 5.74. The van der Waals surface area contributed by atoms with Gasteiger partial charge < -0.3 is 20.1 Å². The normalized spacial score (nSPS) is 17.8. The summed E-state index contributed by atoms with van der Waals surface area (Å²) >= 11 is 0. The molecule has 20 heavy (non-hydrogen) atoms. The fraction of sp³-hybridized carbons (Fsp3) is 0.846. The quantitative estimate of drug-likeness (QED) is 0.668. The van der Waals surface area contributed by atoms with Gasteiger partial charge in [-0.25, -0.2) is 4.79 Å². The summed E-state index contributed by atoms with van der Waals surface area (Å²) in [6.07, 6.45) is 0.551. The van der Waals surface area contributed by atoms with E-state index >= 15 is 0 Å². The van der Waals surface area contributed by atoms with Gasteiger partial charge in [-0.2, -0.15) is 0 Å². The minimum Gasteiger partial charge on any atom is -0.446 e. The molecule has 1 heterocycles. The number of amides is 2. The number of carbonyl (C=O) groups excluding carboxylic acids is 2. The van der Waals surface area contributed by atoms with Gasteiger partial charge in [0.25, 0.3) is 0 Å². The van der Waals surface area contributed by atoms with Gasteiger partial charge in [0.15, 0.2) is 0 Å². The van der Waals surface area contributed by atoms with Crippen LogP contribution in [-0.4, -0.2) is 73.8 Å². The molecule has 0 aromatic carbocycles. The molecule has 2 amide bonds. The molecular weight excluding hydrogens is 262 g/mol. The lowest BCUT2D eigenvalue weighted by Crippen LogP contribution is -2.50. The Bertz CT molecular complexity index is 317. The highest BCUT2D eigenvalue weighted by atomic mass is 16.6. The lowest BCUT2D eigenvalue weighted by atomic mass is 10.3. The summed E-state index contributed by atoms with van der Waals surface area (Å²) in [5.74, 6) is -0.456. The van der Waals surface area contributed by atoms with Crippen molar-refractivity contribution in [1.29, 1.82) is 0 Å². The van der Waals surface area contributed by atoms with Crippen molar-refractivity contribution < 1.29 is 19.1 Å². The van der Waals surface area contributed by atoms with E-state index in [0.717, 1.165) is 26.1 Å². The molecule has 116 valence electrons. The third-order valence-electron chi connectivity index (χ3n) is 3.30. The first kappa shape index (κ1) is 16.7. The van der Waals surface area contributed by atoms with Crippen LogP contribution in [-0.2, 0) is 14.3 Å². The van der Waals surface area contributed by atoms with Gasteiger partial charge in [0.05, 0.1) is 6.61 Å². The van der Waals surface area contributed by atoms with E-state index < -0.39 is 5.91 Å². The highest BCUT2D eigenvalue weighted by Crippen LogP contribution is 2.06. The Hall–Kier alpha value is -1.34. The molecule has 0 aliphatic carbocycles. The summed E-state index contributed by atoms with van der Waals surface area (Å²) in [6, 6.07) is 0. The summed E-state index contributed by atoms with van der Waals surface area (Å²) < 4.78 is 10.4. The predicted octanol–water partition coefficient (Wildman–Crippen LogP) is 0.0410.